The summed E-state index contributed by atoms with van der Waals surface area (Å²) in [7, 11) is 0. The van der Waals surface area contributed by atoms with Crippen LogP contribution in [0.3, 0.4) is 0 Å². The number of aliphatic hydroxyl groups excluding tert-OH is 1. The Labute approximate surface area is 142 Å². The zero-order valence-electron chi connectivity index (χ0n) is 12.7. The second-order valence-electron chi connectivity index (χ2n) is 4.92. The van der Waals surface area contributed by atoms with Gasteiger partial charge < -0.3 is 39.5 Å². The van der Waals surface area contributed by atoms with Crippen LogP contribution >= 0.6 is 0 Å². The summed E-state index contributed by atoms with van der Waals surface area (Å²) >= 11 is 0. The molecule has 0 saturated carbocycles. The van der Waals surface area contributed by atoms with Gasteiger partial charge in [0.05, 0.1) is 0 Å². The first kappa shape index (κ1) is 18.4. The molecule has 1 heterocycles. The Morgan fingerprint density at radius 2 is 1.95 bits per heavy atom. The first-order valence-electron chi connectivity index (χ1n) is 7.40. The fourth-order valence-electron chi connectivity index (χ4n) is 2.13. The summed E-state index contributed by atoms with van der Waals surface area (Å²) in [6.45, 7) is 3.08. The molecular weight excluding hydrogens is 316 g/mol. The van der Waals surface area contributed by atoms with Crippen LogP contribution < -0.4 is 0 Å². The summed E-state index contributed by atoms with van der Waals surface area (Å²) in [6.07, 6.45) is 5.32. The van der Waals surface area contributed by atoms with Gasteiger partial charge in [-0.2, -0.15) is 18.2 Å². The third-order valence-corrected chi connectivity index (χ3v) is 3.30. The Kier molecular flexibility index (Phi) is 8.53. The van der Waals surface area contributed by atoms with E-state index in [2.05, 4.69) is 11.9 Å². The minimum atomic E-state index is -0.609. The molecule has 3 rings (SSSR count). The Hall–Kier alpha value is -1.61. The molecule has 3 nitrogen and oxygen atoms in total. The van der Waals surface area contributed by atoms with Crippen LogP contribution in [0.25, 0.3) is 0 Å². The quantitative estimate of drug-likeness (QED) is 0.566. The number of aryl methyl sites for hydroxylation is 1. The Morgan fingerprint density at radius 1 is 1.27 bits per heavy atom. The largest absolute Gasteiger partial charge is 0.747 e. The third-order valence-electron chi connectivity index (χ3n) is 3.30. The molecule has 0 aliphatic heterocycles. The first-order chi connectivity index (χ1) is 10.3. The molecule has 2 aromatic carbocycles. The predicted molar refractivity (Wildman–Crippen MR) is 85.3 cm³/mol. The van der Waals surface area contributed by atoms with Crippen LogP contribution in [-0.4, -0.2) is 14.7 Å². The fraction of sp³-hybridized carbons (Fsp3) is 0.278. The van der Waals surface area contributed by atoms with Crippen LogP contribution in [0, 0.1) is 0 Å². The van der Waals surface area contributed by atoms with Crippen molar-refractivity contribution in [1.82, 2.24) is 9.55 Å². The van der Waals surface area contributed by atoms with Crippen molar-refractivity contribution >= 4 is 0 Å². The summed E-state index contributed by atoms with van der Waals surface area (Å²) in [6, 6.07) is 17.7. The maximum atomic E-state index is 10.2. The van der Waals surface area contributed by atoms with E-state index in [-0.39, 0.29) is 17.1 Å². The van der Waals surface area contributed by atoms with Crippen LogP contribution in [-0.2, 0) is 23.6 Å². The number of hydrogen-bond donors (Lipinski definition) is 1. The molecule has 0 amide bonds. The molecule has 1 unspecified atom stereocenters. The van der Waals surface area contributed by atoms with E-state index in [1.807, 2.05) is 65.4 Å². The molecule has 1 aromatic heterocycles. The first-order valence-corrected chi connectivity index (χ1v) is 7.40. The molecule has 3 aromatic rings. The van der Waals surface area contributed by atoms with Gasteiger partial charge in [-0.3, -0.25) is 0 Å². The molecule has 124 valence electrons. The van der Waals surface area contributed by atoms with Gasteiger partial charge in [-0.15, -0.1) is 0 Å². The van der Waals surface area contributed by atoms with Gasteiger partial charge in [0, 0.05) is 36.0 Å². The number of unbranched alkanes of at least 4 members (excludes halogenated alkanes) is 1. The molecule has 0 saturated heterocycles. The van der Waals surface area contributed by atoms with Gasteiger partial charge in [0.15, 0.2) is 0 Å². The molecule has 0 radical (unpaired) electrons. The van der Waals surface area contributed by atoms with Crippen LogP contribution in [0.5, 0.6) is 0 Å². The van der Waals surface area contributed by atoms with E-state index in [0.29, 0.717) is 0 Å². The van der Waals surface area contributed by atoms with E-state index < -0.39 is 6.10 Å². The smallest absolute Gasteiger partial charge is 0.104 e. The second-order valence-corrected chi connectivity index (χ2v) is 4.92. The zero-order valence-corrected chi connectivity index (χ0v) is 13.8. The van der Waals surface area contributed by atoms with E-state index in [1.165, 1.54) is 0 Å². The van der Waals surface area contributed by atoms with E-state index in [4.69, 9.17) is 0 Å². The van der Waals surface area contributed by atoms with Crippen molar-refractivity contribution < 1.29 is 22.2 Å². The van der Waals surface area contributed by atoms with Crippen LogP contribution in [0.2, 0.25) is 0 Å². The summed E-state index contributed by atoms with van der Waals surface area (Å²) in [5.41, 5.74) is 0.906. The van der Waals surface area contributed by atoms with Crippen molar-refractivity contribution in [2.24, 2.45) is 0 Å². The molecule has 0 aliphatic rings. The van der Waals surface area contributed by atoms with Gasteiger partial charge in [0.25, 0.3) is 0 Å². The third kappa shape index (κ3) is 5.30. The molecule has 22 heavy (non-hydrogen) atoms. The van der Waals surface area contributed by atoms with Gasteiger partial charge in [0.2, 0.25) is 0 Å². The van der Waals surface area contributed by atoms with E-state index >= 15 is 0 Å². The molecular formula is C18H22FeN2O-6. The van der Waals surface area contributed by atoms with Crippen molar-refractivity contribution in [2.75, 3.05) is 0 Å². The molecule has 1 atom stereocenters. The van der Waals surface area contributed by atoms with Gasteiger partial charge in [-0.25, -0.2) is 17.1 Å². The van der Waals surface area contributed by atoms with Gasteiger partial charge >= 0.3 is 0 Å². The second kappa shape index (κ2) is 10.2. The Bertz CT molecular complexity index is 567. The predicted octanol–water partition coefficient (Wildman–Crippen LogP) is 3.89. The standard InChI is InChI=1S/C13H17N2O.C5H5.Fe/c1-2-3-9-15-10-8-14-13(15)12(16)11-6-4-5-7-11;1-2-4-5-3-1;/h4-8,10,12,16H,2-3,9H2,1H3;1-5H;/q-5;-1;. The Morgan fingerprint density at radius 3 is 2.50 bits per heavy atom. The van der Waals surface area contributed by atoms with Gasteiger partial charge in [-0.05, 0) is 12.5 Å². The topological polar surface area (TPSA) is 38.0 Å². The molecule has 0 bridgehead atoms. The van der Waals surface area contributed by atoms with Crippen LogP contribution in [0.15, 0.2) is 67.0 Å². The monoisotopic (exact) mass is 338 g/mol. The van der Waals surface area contributed by atoms with Crippen molar-refractivity contribution in [1.29, 1.82) is 0 Å². The average molecular weight is 338 g/mol. The summed E-state index contributed by atoms with van der Waals surface area (Å²) in [5.74, 6) is 0.736. The van der Waals surface area contributed by atoms with Crippen molar-refractivity contribution in [3.63, 3.8) is 0 Å². The summed E-state index contributed by atoms with van der Waals surface area (Å²) < 4.78 is 2.03. The van der Waals surface area contributed by atoms with Crippen molar-refractivity contribution in [3.8, 4) is 0 Å². The maximum Gasteiger partial charge on any atom is 0.104 e. The maximum absolute atomic E-state index is 10.2. The SMILES string of the molecule is CCCCn1ccnc1C(O)[c-]1[cH-][cH-][cH-][cH-]1.[Fe].c1cc[cH-]c1. The van der Waals surface area contributed by atoms with E-state index in [0.717, 1.165) is 30.8 Å². The number of aliphatic hydroxyl groups is 1. The molecule has 0 spiro atoms. The molecule has 0 fully saturated rings. The van der Waals surface area contributed by atoms with E-state index in [9.17, 15) is 5.11 Å². The molecule has 4 heteroatoms. The number of hydrogen-bond acceptors (Lipinski definition) is 2. The number of aromatic nitrogens is 2. The number of rotatable bonds is 5. The molecule has 0 aliphatic carbocycles. The number of imidazole rings is 1. The normalized spacial score (nSPS) is 11.2. The fourth-order valence-corrected chi connectivity index (χ4v) is 2.13. The minimum Gasteiger partial charge on any atom is -0.747 e. The summed E-state index contributed by atoms with van der Waals surface area (Å²) in [4.78, 5) is 4.24. The minimum absolute atomic E-state index is 0. The van der Waals surface area contributed by atoms with Crippen LogP contribution in [0.4, 0.5) is 0 Å². The number of nitrogens with zero attached hydrogens (tertiary/aromatic N) is 2. The summed E-state index contributed by atoms with van der Waals surface area (Å²) in [5, 5.41) is 10.2. The van der Waals surface area contributed by atoms with Crippen LogP contribution in [0.1, 0.15) is 37.3 Å². The molecule has 1 N–H and O–H groups in total. The van der Waals surface area contributed by atoms with E-state index in [1.54, 1.807) is 6.20 Å². The Balaban J connectivity index is 0.000000344. The zero-order chi connectivity index (χ0) is 14.9. The van der Waals surface area contributed by atoms with Crippen molar-refractivity contribution in [2.45, 2.75) is 32.4 Å². The van der Waals surface area contributed by atoms with Gasteiger partial charge in [-0.1, -0.05) is 13.3 Å². The van der Waals surface area contributed by atoms with Crippen molar-refractivity contribution in [3.05, 3.63) is 78.4 Å². The average Bonchev–Trinajstić information content (AvgIpc) is 3.29. The van der Waals surface area contributed by atoms with Gasteiger partial charge in [0.1, 0.15) is 5.82 Å².